The molecule has 0 bridgehead atoms. The molecule has 3 nitrogen and oxygen atoms in total. The first-order valence-electron chi connectivity index (χ1n) is 4.41. The molecule has 0 aliphatic heterocycles. The van der Waals surface area contributed by atoms with Crippen LogP contribution in [0.1, 0.15) is 10.4 Å². The number of carboxylic acids is 1. The fourth-order valence-electron chi connectivity index (χ4n) is 1.41. The van der Waals surface area contributed by atoms with Crippen LogP contribution >= 0.6 is 0 Å². The normalized spacial score (nSPS) is 9.00. The summed E-state index contributed by atoms with van der Waals surface area (Å²) in [7, 11) is 1.57. The van der Waals surface area contributed by atoms with Gasteiger partial charge in [0.1, 0.15) is 5.75 Å². The number of carboxylic acid groups (broad SMARTS) is 1. The Bertz CT molecular complexity index is 526. The van der Waals surface area contributed by atoms with E-state index in [2.05, 4.69) is 6.07 Å². The minimum atomic E-state index is -1.22. The molecule has 0 fully saturated rings. The average Bonchev–Trinajstić information content (AvgIpc) is 2.27. The van der Waals surface area contributed by atoms with Gasteiger partial charge in [-0.1, -0.05) is 16.8 Å². The second kappa shape index (κ2) is 6.79. The van der Waals surface area contributed by atoms with E-state index in [4.69, 9.17) is 4.74 Å². The Balaban J connectivity index is 0.00000128. The molecule has 0 N–H and O–H groups in total. The summed E-state index contributed by atoms with van der Waals surface area (Å²) in [4.78, 5) is 10.6. The number of ether oxygens (including phenoxy) is 1. The monoisotopic (exact) mass is 214 g/mol. The molecular weight excluding hydrogens is 206 g/mol. The van der Waals surface area contributed by atoms with Crippen LogP contribution in [-0.4, -0.2) is 13.1 Å². The maximum Gasteiger partial charge on any atom is 1.00 e. The van der Waals surface area contributed by atoms with Crippen LogP contribution in [0.2, 0.25) is 0 Å². The van der Waals surface area contributed by atoms with Crippen LogP contribution in [0.5, 0.6) is 5.75 Å². The second-order valence-electron chi connectivity index (χ2n) is 3.13. The van der Waals surface area contributed by atoms with Gasteiger partial charge in [-0.15, -0.1) is 23.8 Å². The van der Waals surface area contributed by atoms with Crippen molar-refractivity contribution in [1.29, 1.82) is 0 Å². The summed E-state index contributed by atoms with van der Waals surface area (Å²) in [5, 5.41) is 12.3. The van der Waals surface area contributed by atoms with E-state index in [-0.39, 0.29) is 43.3 Å². The van der Waals surface area contributed by atoms with Gasteiger partial charge < -0.3 is 14.6 Å². The fraction of sp³-hybridized carbons (Fsp3) is 0.0833. The first kappa shape index (κ1) is 16.2. The standard InChI is InChI=1S/C12H9O3.2Li/c1-15-11-5-4-8-2-3-9(12(13)14)6-10(8)7-11;;/h2,4-7H,1H3,(H,13,14);;/q-1;2*+1/p-1. The van der Waals surface area contributed by atoms with Crippen LogP contribution in [0.15, 0.2) is 30.3 Å². The predicted octanol–water partition coefficient (Wildman–Crippen LogP) is -4.98. The predicted molar refractivity (Wildman–Crippen MR) is 53.7 cm³/mol. The first-order chi connectivity index (χ1) is 7.20. The van der Waals surface area contributed by atoms with E-state index in [1.807, 2.05) is 12.1 Å². The molecule has 0 spiro atoms. The molecule has 0 amide bonds. The van der Waals surface area contributed by atoms with E-state index in [1.165, 1.54) is 6.07 Å². The Hall–Kier alpha value is -0.835. The third-order valence-electron chi connectivity index (χ3n) is 2.20. The minimum Gasteiger partial charge on any atom is -0.603 e. The smallest absolute Gasteiger partial charge is 0.603 e. The third-order valence-corrected chi connectivity index (χ3v) is 2.20. The molecule has 76 valence electrons. The molecule has 0 aromatic heterocycles. The van der Waals surface area contributed by atoms with Gasteiger partial charge in [-0.3, -0.25) is 0 Å². The molecule has 0 unspecified atom stereocenters. The topological polar surface area (TPSA) is 49.4 Å². The van der Waals surface area contributed by atoms with Crippen LogP contribution in [0.3, 0.4) is 0 Å². The molecule has 0 radical (unpaired) electrons. The van der Waals surface area contributed by atoms with Crippen molar-refractivity contribution >= 4 is 16.7 Å². The SMILES string of the molecule is COc1ccc2c[c-]c(C(=O)[O-])cc2c1.[Li+].[Li+]. The number of carbonyl (C=O) groups is 1. The summed E-state index contributed by atoms with van der Waals surface area (Å²) in [5.74, 6) is -0.530. The Morgan fingerprint density at radius 3 is 2.53 bits per heavy atom. The number of methoxy groups -OCH3 is 1. The molecule has 2 aromatic rings. The van der Waals surface area contributed by atoms with Gasteiger partial charge in [0.25, 0.3) is 0 Å². The zero-order valence-corrected chi connectivity index (χ0v) is 10.1. The summed E-state index contributed by atoms with van der Waals surface area (Å²) in [5.41, 5.74) is 0.0516. The number of fused-ring (bicyclic) bond motifs is 1. The summed E-state index contributed by atoms with van der Waals surface area (Å²) < 4.78 is 5.05. The number of rotatable bonds is 2. The fourth-order valence-corrected chi connectivity index (χ4v) is 1.41. The van der Waals surface area contributed by atoms with Crippen molar-refractivity contribution in [2.45, 2.75) is 0 Å². The van der Waals surface area contributed by atoms with Crippen LogP contribution in [0.25, 0.3) is 10.8 Å². The van der Waals surface area contributed by atoms with Gasteiger partial charge in [0, 0.05) is 0 Å². The maximum absolute atomic E-state index is 10.6. The van der Waals surface area contributed by atoms with Crippen molar-refractivity contribution in [1.82, 2.24) is 0 Å². The van der Waals surface area contributed by atoms with E-state index in [9.17, 15) is 9.90 Å². The molecule has 0 aliphatic rings. The third kappa shape index (κ3) is 3.56. The van der Waals surface area contributed by atoms with Gasteiger partial charge >= 0.3 is 37.7 Å². The van der Waals surface area contributed by atoms with Crippen molar-refractivity contribution in [2.24, 2.45) is 0 Å². The summed E-state index contributed by atoms with van der Waals surface area (Å²) in [6, 6.07) is 11.2. The number of hydrogen-bond donors (Lipinski definition) is 0. The average molecular weight is 214 g/mol. The zero-order chi connectivity index (χ0) is 10.8. The molecule has 0 atom stereocenters. The van der Waals surface area contributed by atoms with Crippen molar-refractivity contribution in [3.05, 3.63) is 42.0 Å². The molecular formula is C12H8Li2O3. The molecule has 0 heterocycles. The van der Waals surface area contributed by atoms with Crippen molar-refractivity contribution in [3.63, 3.8) is 0 Å². The molecule has 17 heavy (non-hydrogen) atoms. The number of carbonyl (C=O) groups excluding carboxylic acids is 1. The van der Waals surface area contributed by atoms with Gasteiger partial charge in [-0.2, -0.15) is 0 Å². The largest absolute Gasteiger partial charge is 1.00 e. The van der Waals surface area contributed by atoms with Gasteiger partial charge in [0.05, 0.1) is 7.11 Å². The molecule has 0 saturated carbocycles. The van der Waals surface area contributed by atoms with Gasteiger partial charge in [-0.25, -0.2) is 0 Å². The summed E-state index contributed by atoms with van der Waals surface area (Å²) in [6.07, 6.45) is 0. The molecule has 0 aliphatic carbocycles. The van der Waals surface area contributed by atoms with E-state index >= 15 is 0 Å². The van der Waals surface area contributed by atoms with Crippen LogP contribution in [0.4, 0.5) is 0 Å². The van der Waals surface area contributed by atoms with E-state index in [0.29, 0.717) is 5.75 Å². The number of hydrogen-bond acceptors (Lipinski definition) is 3. The van der Waals surface area contributed by atoms with Crippen LogP contribution in [0, 0.1) is 6.07 Å². The van der Waals surface area contributed by atoms with Crippen LogP contribution < -0.4 is 47.6 Å². The van der Waals surface area contributed by atoms with Crippen molar-refractivity contribution in [3.8, 4) is 5.75 Å². The molecule has 2 aromatic carbocycles. The minimum absolute atomic E-state index is 0. The first-order valence-corrected chi connectivity index (χ1v) is 4.41. The second-order valence-corrected chi connectivity index (χ2v) is 3.13. The van der Waals surface area contributed by atoms with Crippen molar-refractivity contribution in [2.75, 3.05) is 7.11 Å². The maximum atomic E-state index is 10.6. The summed E-state index contributed by atoms with van der Waals surface area (Å²) in [6.45, 7) is 0. The van der Waals surface area contributed by atoms with Gasteiger partial charge in [-0.05, 0) is 18.1 Å². The Labute approximate surface area is 124 Å². The number of aromatic carboxylic acids is 1. The van der Waals surface area contributed by atoms with E-state index in [1.54, 1.807) is 19.2 Å². The number of benzene rings is 2. The van der Waals surface area contributed by atoms with Gasteiger partial charge in [0.2, 0.25) is 0 Å². The van der Waals surface area contributed by atoms with E-state index in [0.717, 1.165) is 10.8 Å². The summed E-state index contributed by atoms with van der Waals surface area (Å²) >= 11 is 0. The Morgan fingerprint density at radius 2 is 1.94 bits per heavy atom. The quantitative estimate of drug-likeness (QED) is 0.371. The molecule has 2 rings (SSSR count). The Kier molecular flexibility index (Phi) is 6.46. The Morgan fingerprint density at radius 1 is 1.24 bits per heavy atom. The molecule has 0 saturated heterocycles. The van der Waals surface area contributed by atoms with Crippen molar-refractivity contribution < 1.29 is 52.4 Å². The van der Waals surface area contributed by atoms with Crippen LogP contribution in [-0.2, 0) is 0 Å². The van der Waals surface area contributed by atoms with Gasteiger partial charge in [0.15, 0.2) is 0 Å². The zero-order valence-electron chi connectivity index (χ0n) is 10.1. The molecule has 5 heteroatoms. The van der Waals surface area contributed by atoms with E-state index < -0.39 is 5.97 Å².